The summed E-state index contributed by atoms with van der Waals surface area (Å²) in [7, 11) is 0. The fourth-order valence-electron chi connectivity index (χ4n) is 5.68. The molecule has 0 atom stereocenters. The van der Waals surface area contributed by atoms with Gasteiger partial charge in [-0.25, -0.2) is 24.2 Å². The minimum atomic E-state index is -1.71. The van der Waals surface area contributed by atoms with Crippen molar-refractivity contribution in [2.24, 2.45) is 20.5 Å². The number of azo groups is 2. The quantitative estimate of drug-likeness (QED) is 0.0653. The van der Waals surface area contributed by atoms with Gasteiger partial charge in [-0.05, 0) is 72.5 Å². The average molecular weight is 883 g/mol. The first-order chi connectivity index (χ1) is 30.0. The van der Waals surface area contributed by atoms with E-state index in [1.807, 2.05) is 6.07 Å². The summed E-state index contributed by atoms with van der Waals surface area (Å²) in [5.41, 5.74) is 9.84. The van der Waals surface area contributed by atoms with Crippen LogP contribution in [-0.4, -0.2) is 78.0 Å². The number of aromatic nitrogens is 11. The van der Waals surface area contributed by atoms with Gasteiger partial charge in [-0.1, -0.05) is 0 Å². The molecule has 0 amide bonds. The summed E-state index contributed by atoms with van der Waals surface area (Å²) in [6, 6.07) is 6.45. The second-order valence-electron chi connectivity index (χ2n) is 12.5. The molecule has 33 heteroatoms. The van der Waals surface area contributed by atoms with Crippen LogP contribution in [0.3, 0.4) is 0 Å². The molecule has 4 N–H and O–H groups in total. The molecular formula is C35H18Li5N19O9. The molecule has 0 radical (unpaired) electrons. The van der Waals surface area contributed by atoms with E-state index in [2.05, 4.69) is 60.6 Å². The van der Waals surface area contributed by atoms with Gasteiger partial charge < -0.3 is 56.2 Å². The predicted octanol–water partition coefficient (Wildman–Crippen LogP) is -16.8. The van der Waals surface area contributed by atoms with E-state index >= 15 is 0 Å². The number of nitrogens with zero attached hydrogens (tertiary/aromatic N) is 17. The molecule has 5 aromatic heterocycles. The van der Waals surface area contributed by atoms with Gasteiger partial charge in [-0.2, -0.15) is 40.0 Å². The molecule has 0 bridgehead atoms. The number of carbonyl (C=O) groups excluding carboxylic acids is 4. The number of nitrogens with two attached hydrogens (primary N) is 2. The molecule has 0 aliphatic heterocycles. The SMILES string of the molecule is [C-]#[N+]c1cnn(-c2cc(C(=O)[O-])cc(C(=O)[O-])c2)c1N=Nc1c(C)nn(-c2nc([O-])nc(-n3nc(C)c(N=Nc4c(C#N)cnn4-c4cc(C(=O)[O-])cc(C(=O)[O-])c4)c3N)n2)c1N.[Li+].[Li+].[Li+].[Li+].[Li+]. The smallest absolute Gasteiger partial charge is 0.844 e. The maximum absolute atomic E-state index is 12.8. The molecule has 28 nitrogen and oxygen atoms in total. The largest absolute Gasteiger partial charge is 1.00 e. The van der Waals surface area contributed by atoms with Gasteiger partial charge in [0.15, 0.2) is 34.6 Å². The Hall–Kier alpha value is -7.26. The van der Waals surface area contributed by atoms with E-state index in [1.54, 1.807) is 0 Å². The number of carboxylic acid groups (broad SMARTS) is 4. The van der Waals surface area contributed by atoms with Crippen molar-refractivity contribution in [2.75, 3.05) is 11.5 Å². The van der Waals surface area contributed by atoms with Crippen molar-refractivity contribution < 1.29 is 139 Å². The number of hydrogen-bond donors (Lipinski definition) is 2. The molecule has 2 aromatic carbocycles. The van der Waals surface area contributed by atoms with E-state index in [4.69, 9.17) is 18.0 Å². The molecule has 0 aliphatic carbocycles. The molecule has 0 saturated heterocycles. The van der Waals surface area contributed by atoms with E-state index in [-0.39, 0.29) is 163 Å². The minimum Gasteiger partial charge on any atom is -0.844 e. The molecule has 0 unspecified atom stereocenters. The van der Waals surface area contributed by atoms with E-state index < -0.39 is 64.0 Å². The third-order valence-corrected chi connectivity index (χ3v) is 8.56. The topological polar surface area (TPSA) is 423 Å². The summed E-state index contributed by atoms with van der Waals surface area (Å²) in [5, 5.41) is 102. The molecule has 68 heavy (non-hydrogen) atoms. The zero-order valence-electron chi connectivity index (χ0n) is 36.6. The van der Waals surface area contributed by atoms with Gasteiger partial charge in [0.05, 0.1) is 71.6 Å². The number of carbonyl (C=O) groups is 4. The third-order valence-electron chi connectivity index (χ3n) is 8.56. The number of nitriles is 1. The number of carboxylic acids is 4. The van der Waals surface area contributed by atoms with Crippen molar-refractivity contribution in [3.05, 3.63) is 99.4 Å². The maximum Gasteiger partial charge on any atom is 1.00 e. The normalized spacial score (nSPS) is 10.4. The van der Waals surface area contributed by atoms with E-state index in [0.717, 1.165) is 67.5 Å². The third kappa shape index (κ3) is 11.1. The molecule has 0 spiro atoms. The molecule has 7 rings (SSSR count). The summed E-state index contributed by atoms with van der Waals surface area (Å²) >= 11 is 0. The minimum absolute atomic E-state index is 0. The molecule has 312 valence electrons. The Labute approximate surface area is 439 Å². The predicted molar refractivity (Wildman–Crippen MR) is 196 cm³/mol. The van der Waals surface area contributed by atoms with Crippen molar-refractivity contribution in [2.45, 2.75) is 13.8 Å². The number of rotatable bonds is 12. The Balaban J connectivity index is 0.00000317. The monoisotopic (exact) mass is 883 g/mol. The molecule has 0 saturated carbocycles. The number of aryl methyl sites for hydroxylation is 2. The van der Waals surface area contributed by atoms with Crippen molar-refractivity contribution in [3.63, 3.8) is 0 Å². The Morgan fingerprint density at radius 2 is 1.00 bits per heavy atom. The van der Waals surface area contributed by atoms with Gasteiger partial charge in [0.1, 0.15) is 11.6 Å². The Bertz CT molecular complexity index is 3000. The summed E-state index contributed by atoms with van der Waals surface area (Å²) < 4.78 is 3.68. The summed E-state index contributed by atoms with van der Waals surface area (Å²) in [6.45, 7) is 10.4. The fraction of sp³-hybridized carbons (Fsp3) is 0.0571. The van der Waals surface area contributed by atoms with Crippen molar-refractivity contribution in [1.82, 2.24) is 54.1 Å². The van der Waals surface area contributed by atoms with Crippen LogP contribution in [0.1, 0.15) is 58.4 Å². The van der Waals surface area contributed by atoms with Gasteiger partial charge in [0, 0.05) is 0 Å². The standard InChI is InChI=1S/C35H23N19O9.5Li/c1-13-23(45-47-27-19(10-36)11-40-51(27)20-6-15(29(55)56)4-16(7-20)30(57)58)25(37)53(49-13)33-42-34(44-35(63)43-33)54-26(38)24(14(2)50-54)46-48-28-22(39-3)12-41-52(28)21-8-17(31(59)60)5-18(9-21)32(61)62;;;;;/h4-9,11-12H,37-38H2,1-2H3,(H,55,56)(H,57,58)(H,59,60)(H,61,62)(H,42,43,44,63);;;;;/q;5*+1/p-5. The fourth-order valence-corrected chi connectivity index (χ4v) is 5.68. The molecular weight excluding hydrogens is 865 g/mol. The number of hydrogen-bond acceptors (Lipinski definition) is 23. The van der Waals surface area contributed by atoms with Gasteiger partial charge >= 0.3 is 94.3 Å². The van der Waals surface area contributed by atoms with Crippen LogP contribution in [0.2, 0.25) is 0 Å². The summed E-state index contributed by atoms with van der Waals surface area (Å²) in [5.74, 6) is -8.88. The molecule has 7 aromatic rings. The van der Waals surface area contributed by atoms with E-state index in [0.29, 0.717) is 0 Å². The first kappa shape index (κ1) is 56.9. The summed E-state index contributed by atoms with van der Waals surface area (Å²) in [4.78, 5) is 61.4. The van der Waals surface area contributed by atoms with E-state index in [9.17, 15) is 50.0 Å². The van der Waals surface area contributed by atoms with E-state index in [1.165, 1.54) is 13.8 Å². The number of nitrogen functional groups attached to an aromatic ring is 2. The Morgan fingerprint density at radius 1 is 0.618 bits per heavy atom. The maximum atomic E-state index is 12.8. The van der Waals surface area contributed by atoms with Gasteiger partial charge in [0.2, 0.25) is 0 Å². The first-order valence-electron chi connectivity index (χ1n) is 17.1. The van der Waals surface area contributed by atoms with Gasteiger partial charge in [0.25, 0.3) is 17.6 Å². The molecule has 0 fully saturated rings. The van der Waals surface area contributed by atoms with Crippen LogP contribution in [0, 0.1) is 31.8 Å². The van der Waals surface area contributed by atoms with Gasteiger partial charge in [-0.3, -0.25) is 0 Å². The first-order valence-corrected chi connectivity index (χ1v) is 17.1. The van der Waals surface area contributed by atoms with Crippen molar-refractivity contribution in [3.8, 4) is 35.4 Å². The van der Waals surface area contributed by atoms with Crippen LogP contribution < -0.4 is 131 Å². The second-order valence-corrected chi connectivity index (χ2v) is 12.5. The zero-order chi connectivity index (χ0) is 45.4. The van der Waals surface area contributed by atoms with Crippen LogP contribution in [0.4, 0.5) is 40.3 Å². The second kappa shape index (κ2) is 23.0. The van der Waals surface area contributed by atoms with Crippen LogP contribution in [0.5, 0.6) is 6.01 Å². The zero-order valence-corrected chi connectivity index (χ0v) is 36.6. The number of anilines is 2. The molecule has 0 aliphatic rings. The van der Waals surface area contributed by atoms with Gasteiger partial charge in [-0.15, -0.1) is 20.5 Å². The van der Waals surface area contributed by atoms with Crippen LogP contribution in [0.25, 0.3) is 28.1 Å². The number of aromatic carboxylic acids is 4. The van der Waals surface area contributed by atoms with Crippen LogP contribution in [0.15, 0.2) is 69.2 Å². The average Bonchev–Trinajstić information content (AvgIpc) is 4.01. The Kier molecular flexibility index (Phi) is 19.2. The summed E-state index contributed by atoms with van der Waals surface area (Å²) in [6.07, 6.45) is 2.13. The van der Waals surface area contributed by atoms with Crippen LogP contribution in [-0.2, 0) is 0 Å². The van der Waals surface area contributed by atoms with Crippen molar-refractivity contribution >= 4 is 64.2 Å². The van der Waals surface area contributed by atoms with Crippen LogP contribution >= 0.6 is 0 Å². The number of benzene rings is 2. The Morgan fingerprint density at radius 3 is 1.38 bits per heavy atom. The molecule has 5 heterocycles. The van der Waals surface area contributed by atoms with Crippen molar-refractivity contribution in [1.29, 1.82) is 5.26 Å².